The minimum atomic E-state index is -0.676. The summed E-state index contributed by atoms with van der Waals surface area (Å²) in [5, 5.41) is 3.91. The summed E-state index contributed by atoms with van der Waals surface area (Å²) in [6.45, 7) is 3.25. The summed E-state index contributed by atoms with van der Waals surface area (Å²) in [4.78, 5) is 23.9. The lowest BCUT2D eigenvalue weighted by molar-refractivity contribution is -0.142. The van der Waals surface area contributed by atoms with E-state index in [9.17, 15) is 4.79 Å². The topological polar surface area (TPSA) is 90.0 Å². The molecule has 2 heterocycles. The van der Waals surface area contributed by atoms with Crippen molar-refractivity contribution in [3.05, 3.63) is 54.2 Å². The van der Waals surface area contributed by atoms with Gasteiger partial charge >= 0.3 is 0 Å². The van der Waals surface area contributed by atoms with Gasteiger partial charge in [0.25, 0.3) is 5.91 Å². The number of nitrogens with zero attached hydrogens (tertiary/aromatic N) is 3. The van der Waals surface area contributed by atoms with Crippen LogP contribution < -0.4 is 10.5 Å². The molecular formula is C21H26N4O3. The predicted octanol–water partition coefficient (Wildman–Crippen LogP) is 3.30. The van der Waals surface area contributed by atoms with Gasteiger partial charge in [0, 0.05) is 30.9 Å². The number of rotatable bonds is 6. The minimum Gasteiger partial charge on any atom is -0.439 e. The van der Waals surface area contributed by atoms with Crippen molar-refractivity contribution in [1.82, 2.24) is 9.88 Å². The largest absolute Gasteiger partial charge is 0.439 e. The van der Waals surface area contributed by atoms with Crippen molar-refractivity contribution in [3.8, 4) is 11.6 Å². The molecule has 1 aromatic carbocycles. The third-order valence-electron chi connectivity index (χ3n) is 4.57. The molecule has 7 heteroatoms. The van der Waals surface area contributed by atoms with Crippen LogP contribution in [-0.4, -0.2) is 40.8 Å². The van der Waals surface area contributed by atoms with E-state index in [2.05, 4.69) is 10.1 Å². The Balaban J connectivity index is 1.56. The van der Waals surface area contributed by atoms with E-state index < -0.39 is 6.10 Å². The Kier molecular flexibility index (Phi) is 6.84. The Labute approximate surface area is 165 Å². The van der Waals surface area contributed by atoms with Crippen molar-refractivity contribution in [1.29, 1.82) is 0 Å². The number of para-hydroxylation sites is 1. The predicted molar refractivity (Wildman–Crippen MR) is 107 cm³/mol. The molecule has 1 unspecified atom stereocenters. The molecule has 7 nitrogen and oxygen atoms in total. The molecule has 0 aliphatic carbocycles. The van der Waals surface area contributed by atoms with E-state index in [0.29, 0.717) is 17.2 Å². The molecule has 0 spiro atoms. The first kappa shape index (κ1) is 19.7. The smallest absolute Gasteiger partial charge is 0.266 e. The Morgan fingerprint density at radius 1 is 1.11 bits per heavy atom. The number of benzene rings is 1. The van der Waals surface area contributed by atoms with Gasteiger partial charge in [0.2, 0.25) is 12.0 Å². The Bertz CT molecular complexity index is 785. The Morgan fingerprint density at radius 3 is 2.46 bits per heavy atom. The van der Waals surface area contributed by atoms with Gasteiger partial charge in [-0.3, -0.25) is 4.79 Å². The zero-order valence-corrected chi connectivity index (χ0v) is 16.1. The number of hydrogen-bond acceptors (Lipinski definition) is 5. The monoisotopic (exact) mass is 382 g/mol. The van der Waals surface area contributed by atoms with Crippen LogP contribution in [0.4, 0.5) is 0 Å². The van der Waals surface area contributed by atoms with E-state index in [1.54, 1.807) is 25.3 Å². The summed E-state index contributed by atoms with van der Waals surface area (Å²) in [6, 6.07) is 12.8. The van der Waals surface area contributed by atoms with Crippen LogP contribution in [-0.2, 0) is 9.63 Å². The number of nitrogens with two attached hydrogens (primary N) is 1. The first-order chi connectivity index (χ1) is 13.6. The highest BCUT2D eigenvalue weighted by molar-refractivity contribution is 5.96. The van der Waals surface area contributed by atoms with Crippen molar-refractivity contribution in [2.45, 2.75) is 38.7 Å². The zero-order valence-electron chi connectivity index (χ0n) is 16.1. The number of carbonyl (C=O) groups excluding carboxylic acids is 1. The van der Waals surface area contributed by atoms with E-state index in [1.807, 2.05) is 35.2 Å². The second kappa shape index (κ2) is 9.73. The fraction of sp³-hybridized carbons (Fsp3) is 0.381. The van der Waals surface area contributed by atoms with Crippen LogP contribution in [0.25, 0.3) is 0 Å². The first-order valence-corrected chi connectivity index (χ1v) is 9.61. The van der Waals surface area contributed by atoms with Gasteiger partial charge in [0.1, 0.15) is 5.75 Å². The van der Waals surface area contributed by atoms with Gasteiger partial charge in [-0.25, -0.2) is 4.98 Å². The van der Waals surface area contributed by atoms with Gasteiger partial charge in [0.05, 0.1) is 0 Å². The van der Waals surface area contributed by atoms with Crippen LogP contribution >= 0.6 is 0 Å². The maximum Gasteiger partial charge on any atom is 0.266 e. The Morgan fingerprint density at radius 2 is 1.82 bits per heavy atom. The molecular weight excluding hydrogens is 356 g/mol. The van der Waals surface area contributed by atoms with Gasteiger partial charge in [-0.2, -0.15) is 0 Å². The van der Waals surface area contributed by atoms with Gasteiger partial charge in [-0.1, -0.05) is 36.2 Å². The molecule has 2 N–H and O–H groups in total. The summed E-state index contributed by atoms with van der Waals surface area (Å²) < 4.78 is 5.65. The fourth-order valence-corrected chi connectivity index (χ4v) is 2.98. The molecule has 2 aromatic rings. The van der Waals surface area contributed by atoms with Crippen LogP contribution in [0, 0.1) is 0 Å². The maximum absolute atomic E-state index is 12.5. The summed E-state index contributed by atoms with van der Waals surface area (Å²) in [5.41, 5.74) is 6.56. The molecule has 1 aliphatic heterocycles. The molecule has 1 fully saturated rings. The maximum atomic E-state index is 12.5. The zero-order chi connectivity index (χ0) is 19.8. The van der Waals surface area contributed by atoms with Crippen LogP contribution in [0.5, 0.6) is 11.6 Å². The van der Waals surface area contributed by atoms with Crippen molar-refractivity contribution in [3.63, 3.8) is 0 Å². The fourth-order valence-electron chi connectivity index (χ4n) is 2.98. The summed E-state index contributed by atoms with van der Waals surface area (Å²) in [7, 11) is 0. The molecule has 1 aromatic heterocycles. The number of likely N-dealkylation sites (tertiary alicyclic amines) is 1. The SMILES string of the molecule is CC(ON=C(N)c1ccc(Oc2ccccc2)nc1)C(=O)N1CCCCCC1. The number of oxime groups is 1. The second-order valence-electron chi connectivity index (χ2n) is 6.76. The first-order valence-electron chi connectivity index (χ1n) is 9.61. The van der Waals surface area contributed by atoms with Gasteiger partial charge in [0.15, 0.2) is 5.84 Å². The van der Waals surface area contributed by atoms with E-state index in [0.717, 1.165) is 25.9 Å². The quantitative estimate of drug-likeness (QED) is 0.470. The van der Waals surface area contributed by atoms with E-state index >= 15 is 0 Å². The number of pyridine rings is 1. The lowest BCUT2D eigenvalue weighted by Gasteiger charge is -2.22. The van der Waals surface area contributed by atoms with Crippen molar-refractivity contribution >= 4 is 11.7 Å². The van der Waals surface area contributed by atoms with Crippen molar-refractivity contribution in [2.24, 2.45) is 10.9 Å². The number of carbonyl (C=O) groups is 1. The molecule has 0 saturated carbocycles. The molecule has 0 bridgehead atoms. The molecule has 1 aliphatic rings. The number of hydrogen-bond donors (Lipinski definition) is 1. The third-order valence-corrected chi connectivity index (χ3v) is 4.57. The summed E-state index contributed by atoms with van der Waals surface area (Å²) in [6.07, 6.45) is 5.29. The standard InChI is InChI=1S/C21H26N4O3/c1-16(21(26)25-13-7-2-3-8-14-25)28-24-20(22)17-11-12-19(23-15-17)27-18-9-5-4-6-10-18/h4-6,9-12,15-16H,2-3,7-8,13-14H2,1H3,(H2,22,24). The van der Waals surface area contributed by atoms with Crippen LogP contribution in [0.2, 0.25) is 0 Å². The lowest BCUT2D eigenvalue weighted by atomic mass is 10.2. The highest BCUT2D eigenvalue weighted by atomic mass is 16.6. The van der Waals surface area contributed by atoms with Crippen LogP contribution in [0.3, 0.4) is 0 Å². The second-order valence-corrected chi connectivity index (χ2v) is 6.76. The van der Waals surface area contributed by atoms with Crippen molar-refractivity contribution < 1.29 is 14.4 Å². The highest BCUT2D eigenvalue weighted by Crippen LogP contribution is 2.18. The number of amides is 1. The van der Waals surface area contributed by atoms with E-state index in [4.69, 9.17) is 15.3 Å². The molecule has 0 radical (unpaired) electrons. The Hall–Kier alpha value is -3.09. The minimum absolute atomic E-state index is 0.0526. The van der Waals surface area contributed by atoms with Crippen LogP contribution in [0.1, 0.15) is 38.2 Å². The normalized spacial score (nSPS) is 16.2. The summed E-state index contributed by atoms with van der Waals surface area (Å²) in [5.74, 6) is 1.26. The number of aromatic nitrogens is 1. The average molecular weight is 382 g/mol. The van der Waals surface area contributed by atoms with Crippen LogP contribution in [0.15, 0.2) is 53.8 Å². The highest BCUT2D eigenvalue weighted by Gasteiger charge is 2.22. The van der Waals surface area contributed by atoms with Gasteiger partial charge < -0.3 is 20.2 Å². The molecule has 1 saturated heterocycles. The molecule has 1 atom stereocenters. The molecule has 3 rings (SSSR count). The van der Waals surface area contributed by atoms with Crippen molar-refractivity contribution in [2.75, 3.05) is 13.1 Å². The van der Waals surface area contributed by atoms with E-state index in [-0.39, 0.29) is 11.7 Å². The summed E-state index contributed by atoms with van der Waals surface area (Å²) >= 11 is 0. The molecule has 148 valence electrons. The number of ether oxygens (including phenoxy) is 1. The molecule has 28 heavy (non-hydrogen) atoms. The van der Waals surface area contributed by atoms with Gasteiger partial charge in [-0.05, 0) is 38.0 Å². The van der Waals surface area contributed by atoms with Gasteiger partial charge in [-0.15, -0.1) is 0 Å². The lowest BCUT2D eigenvalue weighted by Crippen LogP contribution is -2.39. The molecule has 1 amide bonds. The average Bonchev–Trinajstić information content (AvgIpc) is 3.02. The number of amidine groups is 1. The third kappa shape index (κ3) is 5.45. The van der Waals surface area contributed by atoms with E-state index in [1.165, 1.54) is 12.8 Å².